The minimum Gasteiger partial charge on any atom is -0.478 e. The van der Waals surface area contributed by atoms with Crippen molar-refractivity contribution in [2.45, 2.75) is 13.3 Å². The zero-order valence-corrected chi connectivity index (χ0v) is 10.9. The maximum atomic E-state index is 10.8. The highest BCUT2D eigenvalue weighted by Gasteiger charge is 2.12. The van der Waals surface area contributed by atoms with Crippen molar-refractivity contribution in [3.8, 4) is 10.6 Å². The van der Waals surface area contributed by atoms with Gasteiger partial charge in [0.2, 0.25) is 4.96 Å². The normalized spacial score (nSPS) is 11.0. The Hall–Kier alpha value is -2.28. The first-order valence-corrected chi connectivity index (χ1v) is 6.55. The minimum atomic E-state index is -0.932. The van der Waals surface area contributed by atoms with E-state index < -0.39 is 5.97 Å². The predicted molar refractivity (Wildman–Crippen MR) is 70.4 cm³/mol. The molecule has 2 heterocycles. The molecule has 0 atom stereocenters. The van der Waals surface area contributed by atoms with Gasteiger partial charge in [0.1, 0.15) is 5.01 Å². The van der Waals surface area contributed by atoms with Gasteiger partial charge in [-0.05, 0) is 12.1 Å². The SMILES string of the molecule is CCc1nnc2sc(-c3ccc(C(=O)O)cc3)nn12. The van der Waals surface area contributed by atoms with E-state index in [0.717, 1.165) is 27.8 Å². The fourth-order valence-corrected chi connectivity index (χ4v) is 2.61. The summed E-state index contributed by atoms with van der Waals surface area (Å²) in [6.45, 7) is 2.00. The first kappa shape index (κ1) is 11.8. The Morgan fingerprint density at radius 3 is 2.68 bits per heavy atom. The fraction of sp³-hybridized carbons (Fsp3) is 0.167. The molecule has 0 spiro atoms. The third-order valence-corrected chi connectivity index (χ3v) is 3.70. The molecule has 1 aromatic carbocycles. The van der Waals surface area contributed by atoms with Crippen LogP contribution in [0.2, 0.25) is 0 Å². The number of nitrogens with zero attached hydrogens (tertiary/aromatic N) is 4. The van der Waals surface area contributed by atoms with Gasteiger partial charge in [0.15, 0.2) is 5.82 Å². The molecule has 0 saturated carbocycles. The highest BCUT2D eigenvalue weighted by Crippen LogP contribution is 2.25. The summed E-state index contributed by atoms with van der Waals surface area (Å²) in [7, 11) is 0. The Balaban J connectivity index is 2.03. The maximum Gasteiger partial charge on any atom is 0.335 e. The smallest absolute Gasteiger partial charge is 0.335 e. The molecule has 1 N–H and O–H groups in total. The quantitative estimate of drug-likeness (QED) is 0.791. The minimum absolute atomic E-state index is 0.265. The molecule has 6 nitrogen and oxygen atoms in total. The molecular weight excluding hydrogens is 264 g/mol. The van der Waals surface area contributed by atoms with Crippen LogP contribution in [0.4, 0.5) is 0 Å². The molecule has 0 aliphatic rings. The van der Waals surface area contributed by atoms with Crippen LogP contribution in [0, 0.1) is 0 Å². The van der Waals surface area contributed by atoms with E-state index in [4.69, 9.17) is 5.11 Å². The number of aromatic carboxylic acids is 1. The van der Waals surface area contributed by atoms with Gasteiger partial charge in [0.05, 0.1) is 5.56 Å². The Morgan fingerprint density at radius 1 is 1.32 bits per heavy atom. The molecule has 3 rings (SSSR count). The lowest BCUT2D eigenvalue weighted by Crippen LogP contribution is -1.95. The second kappa shape index (κ2) is 4.43. The molecule has 0 radical (unpaired) electrons. The van der Waals surface area contributed by atoms with Crippen molar-refractivity contribution >= 4 is 22.3 Å². The van der Waals surface area contributed by atoms with E-state index in [2.05, 4.69) is 15.3 Å². The second-order valence-electron chi connectivity index (χ2n) is 3.95. The number of hydrogen-bond donors (Lipinski definition) is 1. The molecular formula is C12H10N4O2S. The molecule has 96 valence electrons. The number of carboxylic acid groups (broad SMARTS) is 1. The van der Waals surface area contributed by atoms with Gasteiger partial charge in [-0.15, -0.1) is 10.2 Å². The van der Waals surface area contributed by atoms with Crippen molar-refractivity contribution in [3.05, 3.63) is 35.7 Å². The van der Waals surface area contributed by atoms with Gasteiger partial charge in [-0.25, -0.2) is 4.79 Å². The van der Waals surface area contributed by atoms with E-state index in [1.54, 1.807) is 28.8 Å². The number of aromatic nitrogens is 4. The Kier molecular flexibility index (Phi) is 2.75. The zero-order valence-electron chi connectivity index (χ0n) is 10.1. The van der Waals surface area contributed by atoms with Gasteiger partial charge in [-0.1, -0.05) is 30.4 Å². The van der Waals surface area contributed by atoms with Gasteiger partial charge in [0.25, 0.3) is 0 Å². The molecule has 0 aliphatic heterocycles. The highest BCUT2D eigenvalue weighted by atomic mass is 32.1. The average molecular weight is 274 g/mol. The predicted octanol–water partition coefficient (Wildman–Crippen LogP) is 2.11. The summed E-state index contributed by atoms with van der Waals surface area (Å²) in [5, 5.41) is 22.2. The zero-order chi connectivity index (χ0) is 13.4. The number of carboxylic acids is 1. The first-order valence-electron chi connectivity index (χ1n) is 5.74. The molecule has 0 unspecified atom stereocenters. The van der Waals surface area contributed by atoms with Crippen molar-refractivity contribution in [3.63, 3.8) is 0 Å². The third-order valence-electron chi connectivity index (χ3n) is 2.75. The lowest BCUT2D eigenvalue weighted by atomic mass is 10.1. The first-order chi connectivity index (χ1) is 9.19. The summed E-state index contributed by atoms with van der Waals surface area (Å²) in [6.07, 6.45) is 0.766. The highest BCUT2D eigenvalue weighted by molar-refractivity contribution is 7.19. The van der Waals surface area contributed by atoms with Crippen LogP contribution in [0.5, 0.6) is 0 Å². The number of aryl methyl sites for hydroxylation is 1. The number of hydrogen-bond acceptors (Lipinski definition) is 5. The molecule has 3 aromatic rings. The molecule has 7 heteroatoms. The third kappa shape index (κ3) is 1.97. The van der Waals surface area contributed by atoms with Crippen LogP contribution < -0.4 is 0 Å². The van der Waals surface area contributed by atoms with E-state index in [-0.39, 0.29) is 5.56 Å². The molecule has 0 bridgehead atoms. The second-order valence-corrected chi connectivity index (χ2v) is 4.91. The summed E-state index contributed by atoms with van der Waals surface area (Å²) < 4.78 is 1.73. The summed E-state index contributed by atoms with van der Waals surface area (Å²) in [4.78, 5) is 11.5. The van der Waals surface area contributed by atoms with E-state index in [9.17, 15) is 4.79 Å². The molecule has 0 amide bonds. The van der Waals surface area contributed by atoms with Crippen molar-refractivity contribution in [1.29, 1.82) is 0 Å². The van der Waals surface area contributed by atoms with Crippen LogP contribution in [-0.4, -0.2) is 30.9 Å². The summed E-state index contributed by atoms with van der Waals surface area (Å²) >= 11 is 1.43. The maximum absolute atomic E-state index is 10.8. The van der Waals surface area contributed by atoms with Gasteiger partial charge in [0, 0.05) is 12.0 Å². The van der Waals surface area contributed by atoms with E-state index in [1.165, 1.54) is 11.3 Å². The van der Waals surface area contributed by atoms with Crippen LogP contribution >= 0.6 is 11.3 Å². The standard InChI is InChI=1S/C12H10N4O2S/c1-2-9-13-14-12-16(9)15-10(19-12)7-3-5-8(6-4-7)11(17)18/h3-6H,2H2,1H3,(H,17,18). The topological polar surface area (TPSA) is 80.4 Å². The Morgan fingerprint density at radius 2 is 2.05 bits per heavy atom. The number of carbonyl (C=O) groups is 1. The Bertz CT molecular complexity index is 745. The van der Waals surface area contributed by atoms with Crippen LogP contribution in [-0.2, 0) is 6.42 Å². The molecule has 0 aliphatic carbocycles. The largest absolute Gasteiger partial charge is 0.478 e. The monoisotopic (exact) mass is 274 g/mol. The van der Waals surface area contributed by atoms with Crippen LogP contribution in [0.3, 0.4) is 0 Å². The van der Waals surface area contributed by atoms with E-state index in [1.807, 2.05) is 6.92 Å². The molecule has 0 saturated heterocycles. The number of fused-ring (bicyclic) bond motifs is 1. The summed E-state index contributed by atoms with van der Waals surface area (Å²) in [5.74, 6) is -0.113. The van der Waals surface area contributed by atoms with Gasteiger partial charge in [-0.3, -0.25) is 0 Å². The average Bonchev–Trinajstić information content (AvgIpc) is 2.98. The molecule has 0 fully saturated rings. The number of benzene rings is 1. The summed E-state index contributed by atoms with van der Waals surface area (Å²) in [6, 6.07) is 6.64. The Labute approximate surface area is 112 Å². The van der Waals surface area contributed by atoms with E-state index >= 15 is 0 Å². The number of rotatable bonds is 3. The van der Waals surface area contributed by atoms with Crippen molar-refractivity contribution in [2.75, 3.05) is 0 Å². The van der Waals surface area contributed by atoms with Crippen LogP contribution in [0.1, 0.15) is 23.1 Å². The van der Waals surface area contributed by atoms with E-state index in [0.29, 0.717) is 0 Å². The van der Waals surface area contributed by atoms with Crippen LogP contribution in [0.25, 0.3) is 15.5 Å². The fourth-order valence-electron chi connectivity index (χ4n) is 1.75. The van der Waals surface area contributed by atoms with Crippen molar-refractivity contribution in [2.24, 2.45) is 0 Å². The van der Waals surface area contributed by atoms with Crippen LogP contribution in [0.15, 0.2) is 24.3 Å². The summed E-state index contributed by atoms with van der Waals surface area (Å²) in [5.41, 5.74) is 1.14. The lowest BCUT2D eigenvalue weighted by Gasteiger charge is -1.97. The lowest BCUT2D eigenvalue weighted by molar-refractivity contribution is 0.0697. The molecule has 2 aromatic heterocycles. The molecule has 19 heavy (non-hydrogen) atoms. The van der Waals surface area contributed by atoms with Crippen molar-refractivity contribution in [1.82, 2.24) is 19.8 Å². The van der Waals surface area contributed by atoms with Gasteiger partial charge >= 0.3 is 5.97 Å². The van der Waals surface area contributed by atoms with Gasteiger partial charge < -0.3 is 5.11 Å². The van der Waals surface area contributed by atoms with Gasteiger partial charge in [-0.2, -0.15) is 9.61 Å². The van der Waals surface area contributed by atoms with Crippen molar-refractivity contribution < 1.29 is 9.90 Å².